The Balaban J connectivity index is 1.73. The van der Waals surface area contributed by atoms with Gasteiger partial charge in [-0.25, -0.2) is 0 Å². The number of likely N-dealkylation sites (tertiary alicyclic amines) is 1. The molecule has 1 amide bonds. The number of piperidine rings is 1. The minimum absolute atomic E-state index is 0.0423. The molecular formula is C18H33N3O2. The summed E-state index contributed by atoms with van der Waals surface area (Å²) in [6, 6.07) is -0.0423. The second kappa shape index (κ2) is 8.81. The zero-order valence-electron chi connectivity index (χ0n) is 15.0. The molecule has 2 fully saturated rings. The number of nitrogens with zero attached hydrogens (tertiary/aromatic N) is 2. The van der Waals surface area contributed by atoms with Crippen LogP contribution in [0.15, 0.2) is 12.7 Å². The summed E-state index contributed by atoms with van der Waals surface area (Å²) in [6.45, 7) is 15.8. The summed E-state index contributed by atoms with van der Waals surface area (Å²) < 4.78 is 5.81. The van der Waals surface area contributed by atoms with E-state index < -0.39 is 0 Å². The van der Waals surface area contributed by atoms with Gasteiger partial charge >= 0.3 is 0 Å². The van der Waals surface area contributed by atoms with Crippen molar-refractivity contribution in [2.24, 2.45) is 5.92 Å². The Morgan fingerprint density at radius 2 is 1.91 bits per heavy atom. The minimum Gasteiger partial charge on any atom is -0.373 e. The highest BCUT2D eigenvalue weighted by atomic mass is 16.5. The second-order valence-electron chi connectivity index (χ2n) is 7.17. The Morgan fingerprint density at radius 3 is 2.48 bits per heavy atom. The van der Waals surface area contributed by atoms with Gasteiger partial charge < -0.3 is 10.1 Å². The summed E-state index contributed by atoms with van der Waals surface area (Å²) in [4.78, 5) is 16.9. The standard InChI is InChI=1S/C18H33N3O2/c1-5-8-19-18(22)16(4)21-9-6-17(7-10-21)13-20-11-14(2)23-15(3)12-20/h5,14-17H,1,6-13H2,2-4H3,(H,19,22)/t14-,15-,16+/m1/s1. The Morgan fingerprint density at radius 1 is 1.30 bits per heavy atom. The summed E-state index contributed by atoms with van der Waals surface area (Å²) in [6.07, 6.45) is 4.76. The van der Waals surface area contributed by atoms with Crippen LogP contribution in [0.25, 0.3) is 0 Å². The van der Waals surface area contributed by atoms with E-state index in [9.17, 15) is 4.79 Å². The van der Waals surface area contributed by atoms with Gasteiger partial charge in [0.1, 0.15) is 0 Å². The van der Waals surface area contributed by atoms with Crippen LogP contribution in [0.3, 0.4) is 0 Å². The quantitative estimate of drug-likeness (QED) is 0.753. The maximum absolute atomic E-state index is 12.0. The predicted octanol–water partition coefficient (Wildman–Crippen LogP) is 1.50. The highest BCUT2D eigenvalue weighted by Gasteiger charge is 2.29. The van der Waals surface area contributed by atoms with E-state index in [1.807, 2.05) is 6.92 Å². The first-order chi connectivity index (χ1) is 11.0. The van der Waals surface area contributed by atoms with Gasteiger partial charge in [0.15, 0.2) is 0 Å². The molecule has 0 aliphatic carbocycles. The molecule has 0 aromatic carbocycles. The van der Waals surface area contributed by atoms with Crippen LogP contribution < -0.4 is 5.32 Å². The van der Waals surface area contributed by atoms with Crippen molar-refractivity contribution in [2.45, 2.75) is 51.9 Å². The topological polar surface area (TPSA) is 44.8 Å². The van der Waals surface area contributed by atoms with E-state index in [4.69, 9.17) is 4.74 Å². The first-order valence-electron chi connectivity index (χ1n) is 9.00. The maximum atomic E-state index is 12.0. The Kier molecular flexibility index (Phi) is 7.06. The lowest BCUT2D eigenvalue weighted by Gasteiger charge is -2.40. The van der Waals surface area contributed by atoms with Crippen molar-refractivity contribution < 1.29 is 9.53 Å². The fourth-order valence-corrected chi connectivity index (χ4v) is 3.81. The van der Waals surface area contributed by atoms with Gasteiger partial charge in [0.2, 0.25) is 5.91 Å². The van der Waals surface area contributed by atoms with E-state index in [-0.39, 0.29) is 11.9 Å². The SMILES string of the molecule is C=CCNC(=O)[C@H](C)N1CCC(CN2C[C@@H](C)O[C@H](C)C2)CC1. The van der Waals surface area contributed by atoms with Crippen molar-refractivity contribution in [1.29, 1.82) is 0 Å². The molecule has 0 unspecified atom stereocenters. The molecule has 0 aromatic heterocycles. The number of hydrogen-bond acceptors (Lipinski definition) is 4. The molecule has 2 aliphatic rings. The van der Waals surface area contributed by atoms with E-state index in [1.165, 1.54) is 19.4 Å². The highest BCUT2D eigenvalue weighted by molar-refractivity contribution is 5.81. The van der Waals surface area contributed by atoms with Crippen LogP contribution in [0.2, 0.25) is 0 Å². The number of hydrogen-bond donors (Lipinski definition) is 1. The highest BCUT2D eigenvalue weighted by Crippen LogP contribution is 2.22. The van der Waals surface area contributed by atoms with E-state index in [0.717, 1.165) is 32.1 Å². The number of carbonyl (C=O) groups excluding carboxylic acids is 1. The van der Waals surface area contributed by atoms with Gasteiger partial charge in [-0.3, -0.25) is 14.6 Å². The minimum atomic E-state index is -0.0423. The van der Waals surface area contributed by atoms with Gasteiger partial charge in [0, 0.05) is 26.2 Å². The van der Waals surface area contributed by atoms with Crippen LogP contribution in [0, 0.1) is 5.92 Å². The molecular weight excluding hydrogens is 290 g/mol. The molecule has 0 spiro atoms. The molecule has 2 rings (SSSR count). The molecule has 23 heavy (non-hydrogen) atoms. The summed E-state index contributed by atoms with van der Waals surface area (Å²) >= 11 is 0. The van der Waals surface area contributed by atoms with Crippen molar-refractivity contribution in [3.05, 3.63) is 12.7 Å². The molecule has 0 radical (unpaired) electrons. The van der Waals surface area contributed by atoms with Crippen LogP contribution in [-0.4, -0.2) is 73.2 Å². The van der Waals surface area contributed by atoms with Crippen LogP contribution in [-0.2, 0) is 9.53 Å². The molecule has 132 valence electrons. The molecule has 1 N–H and O–H groups in total. The van der Waals surface area contributed by atoms with Crippen molar-refractivity contribution in [3.8, 4) is 0 Å². The largest absolute Gasteiger partial charge is 0.373 e. The van der Waals surface area contributed by atoms with E-state index >= 15 is 0 Å². The molecule has 5 nitrogen and oxygen atoms in total. The fourth-order valence-electron chi connectivity index (χ4n) is 3.81. The molecule has 0 aromatic rings. The zero-order valence-corrected chi connectivity index (χ0v) is 15.0. The summed E-state index contributed by atoms with van der Waals surface area (Å²) in [5.41, 5.74) is 0. The average Bonchev–Trinajstić information content (AvgIpc) is 2.51. The molecule has 2 heterocycles. The number of rotatable bonds is 6. The summed E-state index contributed by atoms with van der Waals surface area (Å²) in [5, 5.41) is 2.90. The van der Waals surface area contributed by atoms with E-state index in [0.29, 0.717) is 18.8 Å². The van der Waals surface area contributed by atoms with Crippen LogP contribution in [0.1, 0.15) is 33.6 Å². The second-order valence-corrected chi connectivity index (χ2v) is 7.17. The first-order valence-corrected chi connectivity index (χ1v) is 9.00. The lowest BCUT2D eigenvalue weighted by Crippen LogP contribution is -2.51. The number of carbonyl (C=O) groups is 1. The fraction of sp³-hybridized carbons (Fsp3) is 0.833. The third-order valence-electron chi connectivity index (χ3n) is 5.01. The van der Waals surface area contributed by atoms with Crippen molar-refractivity contribution in [2.75, 3.05) is 39.3 Å². The Hall–Kier alpha value is -0.910. The van der Waals surface area contributed by atoms with Gasteiger partial charge in [-0.2, -0.15) is 0 Å². The average molecular weight is 323 g/mol. The number of amides is 1. The van der Waals surface area contributed by atoms with Crippen LogP contribution in [0.5, 0.6) is 0 Å². The van der Waals surface area contributed by atoms with Crippen molar-refractivity contribution >= 4 is 5.91 Å². The van der Waals surface area contributed by atoms with E-state index in [2.05, 4.69) is 35.5 Å². The summed E-state index contributed by atoms with van der Waals surface area (Å²) in [5.74, 6) is 0.853. The molecule has 0 saturated carbocycles. The van der Waals surface area contributed by atoms with Crippen LogP contribution >= 0.6 is 0 Å². The maximum Gasteiger partial charge on any atom is 0.237 e. The van der Waals surface area contributed by atoms with Crippen molar-refractivity contribution in [1.82, 2.24) is 15.1 Å². The third-order valence-corrected chi connectivity index (χ3v) is 5.01. The third kappa shape index (κ3) is 5.59. The first kappa shape index (κ1) is 18.4. The lowest BCUT2D eigenvalue weighted by atomic mass is 9.94. The Bertz CT molecular complexity index is 384. The van der Waals surface area contributed by atoms with Gasteiger partial charge in [0.05, 0.1) is 18.2 Å². The molecule has 5 heteroatoms. The monoisotopic (exact) mass is 323 g/mol. The Labute approximate surface area is 141 Å². The van der Waals surface area contributed by atoms with Gasteiger partial charge in [-0.1, -0.05) is 6.08 Å². The molecule has 2 saturated heterocycles. The smallest absolute Gasteiger partial charge is 0.237 e. The van der Waals surface area contributed by atoms with Crippen LogP contribution in [0.4, 0.5) is 0 Å². The van der Waals surface area contributed by atoms with Crippen molar-refractivity contribution in [3.63, 3.8) is 0 Å². The number of morpholine rings is 1. The molecule has 0 bridgehead atoms. The lowest BCUT2D eigenvalue weighted by molar-refractivity contribution is -0.126. The van der Waals surface area contributed by atoms with Gasteiger partial charge in [-0.05, 0) is 52.6 Å². The molecule has 3 atom stereocenters. The normalized spacial score (nSPS) is 29.2. The number of nitrogens with one attached hydrogen (secondary N) is 1. The predicted molar refractivity (Wildman–Crippen MR) is 93.4 cm³/mol. The zero-order chi connectivity index (χ0) is 16.8. The number of ether oxygens (including phenoxy) is 1. The summed E-state index contributed by atoms with van der Waals surface area (Å²) in [7, 11) is 0. The van der Waals surface area contributed by atoms with E-state index in [1.54, 1.807) is 6.08 Å². The van der Waals surface area contributed by atoms with Gasteiger partial charge in [-0.15, -0.1) is 6.58 Å². The molecule has 2 aliphatic heterocycles. The van der Waals surface area contributed by atoms with Gasteiger partial charge in [0.25, 0.3) is 0 Å².